The minimum atomic E-state index is -0.201. The molecule has 14 heavy (non-hydrogen) atoms. The molecule has 0 heterocycles. The summed E-state index contributed by atoms with van der Waals surface area (Å²) in [4.78, 5) is 10.5. The second-order valence-electron chi connectivity index (χ2n) is 4.34. The van der Waals surface area contributed by atoms with Crippen molar-refractivity contribution >= 4 is 6.47 Å². The molecule has 1 rings (SSSR count). The third-order valence-corrected chi connectivity index (χ3v) is 3.62. The molecule has 0 aromatic rings. The molecular formula is C12H21O2. The molecule has 1 fully saturated rings. The van der Waals surface area contributed by atoms with Gasteiger partial charge in [0, 0.05) is 0 Å². The van der Waals surface area contributed by atoms with Crippen LogP contribution in [0.5, 0.6) is 0 Å². The lowest BCUT2D eigenvalue weighted by molar-refractivity contribution is -0.0165. The van der Waals surface area contributed by atoms with Gasteiger partial charge in [-0.3, -0.25) is 0 Å². The van der Waals surface area contributed by atoms with Crippen LogP contribution >= 0.6 is 0 Å². The van der Waals surface area contributed by atoms with Crippen molar-refractivity contribution in [1.29, 1.82) is 0 Å². The maximum Gasteiger partial charge on any atom is 0.418 e. The summed E-state index contributed by atoms with van der Waals surface area (Å²) in [6, 6.07) is 0. The zero-order valence-electron chi connectivity index (χ0n) is 9.34. The van der Waals surface area contributed by atoms with E-state index in [0.29, 0.717) is 5.92 Å². The number of carbonyl (C=O) groups excluding carboxylic acids is 1. The summed E-state index contributed by atoms with van der Waals surface area (Å²) in [6.07, 6.45) is 8.01. The van der Waals surface area contributed by atoms with Gasteiger partial charge in [-0.2, -0.15) is 0 Å². The molecule has 2 nitrogen and oxygen atoms in total. The lowest BCUT2D eigenvalue weighted by Gasteiger charge is -2.36. The van der Waals surface area contributed by atoms with Crippen LogP contribution in [0.4, 0.5) is 0 Å². The van der Waals surface area contributed by atoms with Gasteiger partial charge in [-0.05, 0) is 31.6 Å². The summed E-state index contributed by atoms with van der Waals surface area (Å²) >= 11 is 0. The van der Waals surface area contributed by atoms with E-state index in [2.05, 4.69) is 13.8 Å². The second kappa shape index (κ2) is 5.38. The van der Waals surface area contributed by atoms with Gasteiger partial charge in [0.2, 0.25) is 0 Å². The fourth-order valence-electron chi connectivity index (χ4n) is 2.83. The van der Waals surface area contributed by atoms with Gasteiger partial charge < -0.3 is 4.74 Å². The fraction of sp³-hybridized carbons (Fsp3) is 0.917. The van der Waals surface area contributed by atoms with Gasteiger partial charge in [0.1, 0.15) is 5.60 Å². The third-order valence-electron chi connectivity index (χ3n) is 3.62. The molecule has 1 aliphatic rings. The SMILES string of the molecule is CCCC(CC)(O[C]=O)C1CCCC1. The summed E-state index contributed by atoms with van der Waals surface area (Å²) in [7, 11) is 0. The van der Waals surface area contributed by atoms with Crippen LogP contribution < -0.4 is 0 Å². The van der Waals surface area contributed by atoms with Crippen molar-refractivity contribution in [2.45, 2.75) is 64.4 Å². The standard InChI is InChI=1S/C12H21O2/c1-3-9-12(4-2,14-10-13)11-7-5-6-8-11/h11H,3-9H2,1-2H3. The Morgan fingerprint density at radius 3 is 2.43 bits per heavy atom. The Morgan fingerprint density at radius 2 is 2.00 bits per heavy atom. The van der Waals surface area contributed by atoms with Crippen LogP contribution in [-0.4, -0.2) is 12.1 Å². The van der Waals surface area contributed by atoms with Crippen LogP contribution in [0.2, 0.25) is 0 Å². The van der Waals surface area contributed by atoms with E-state index in [4.69, 9.17) is 4.74 Å². The van der Waals surface area contributed by atoms with E-state index in [9.17, 15) is 4.79 Å². The molecule has 0 aromatic heterocycles. The summed E-state index contributed by atoms with van der Waals surface area (Å²) in [5.74, 6) is 0.578. The van der Waals surface area contributed by atoms with Crippen LogP contribution in [-0.2, 0) is 9.53 Å². The Balaban J connectivity index is 2.69. The first-order valence-electron chi connectivity index (χ1n) is 5.84. The molecular weight excluding hydrogens is 176 g/mol. The average Bonchev–Trinajstić information content (AvgIpc) is 2.70. The third kappa shape index (κ3) is 2.28. The Kier molecular flexibility index (Phi) is 4.43. The molecule has 2 heteroatoms. The van der Waals surface area contributed by atoms with E-state index in [0.717, 1.165) is 19.3 Å². The number of hydrogen-bond donors (Lipinski definition) is 0. The van der Waals surface area contributed by atoms with Crippen molar-refractivity contribution in [2.75, 3.05) is 0 Å². The Bertz CT molecular complexity index is 173. The minimum absolute atomic E-state index is 0.201. The van der Waals surface area contributed by atoms with E-state index >= 15 is 0 Å². The van der Waals surface area contributed by atoms with Crippen molar-refractivity contribution in [1.82, 2.24) is 0 Å². The van der Waals surface area contributed by atoms with Gasteiger partial charge in [-0.25, -0.2) is 4.79 Å². The highest BCUT2D eigenvalue weighted by molar-refractivity contribution is 5.39. The first-order valence-corrected chi connectivity index (χ1v) is 5.84. The summed E-state index contributed by atoms with van der Waals surface area (Å²) in [6.45, 7) is 5.93. The van der Waals surface area contributed by atoms with E-state index < -0.39 is 0 Å². The number of hydrogen-bond acceptors (Lipinski definition) is 2. The second-order valence-corrected chi connectivity index (χ2v) is 4.34. The highest BCUT2D eigenvalue weighted by Crippen LogP contribution is 2.40. The lowest BCUT2D eigenvalue weighted by atomic mass is 9.80. The largest absolute Gasteiger partial charge is 0.450 e. The molecule has 0 N–H and O–H groups in total. The van der Waals surface area contributed by atoms with Crippen molar-refractivity contribution in [3.05, 3.63) is 0 Å². The molecule has 0 saturated heterocycles. The Morgan fingerprint density at radius 1 is 1.36 bits per heavy atom. The van der Waals surface area contributed by atoms with Crippen LogP contribution in [0.25, 0.3) is 0 Å². The smallest absolute Gasteiger partial charge is 0.418 e. The molecule has 0 bridgehead atoms. The molecule has 0 spiro atoms. The zero-order chi connectivity index (χ0) is 10.4. The van der Waals surface area contributed by atoms with Gasteiger partial charge in [0.05, 0.1) is 0 Å². The first kappa shape index (κ1) is 11.5. The zero-order valence-corrected chi connectivity index (χ0v) is 9.34. The Hall–Kier alpha value is -0.530. The quantitative estimate of drug-likeness (QED) is 0.653. The normalized spacial score (nSPS) is 21.9. The fourth-order valence-corrected chi connectivity index (χ4v) is 2.83. The van der Waals surface area contributed by atoms with E-state index in [1.165, 1.54) is 25.7 Å². The molecule has 1 aliphatic carbocycles. The highest BCUT2D eigenvalue weighted by atomic mass is 16.5. The topological polar surface area (TPSA) is 26.3 Å². The number of ether oxygens (including phenoxy) is 1. The average molecular weight is 197 g/mol. The van der Waals surface area contributed by atoms with Crippen LogP contribution in [0.15, 0.2) is 0 Å². The van der Waals surface area contributed by atoms with E-state index in [1.807, 2.05) is 0 Å². The summed E-state index contributed by atoms with van der Waals surface area (Å²) in [5, 5.41) is 0. The first-order chi connectivity index (χ1) is 6.79. The molecule has 1 radical (unpaired) electrons. The summed E-state index contributed by atoms with van der Waals surface area (Å²) < 4.78 is 5.30. The van der Waals surface area contributed by atoms with Crippen molar-refractivity contribution in [3.63, 3.8) is 0 Å². The van der Waals surface area contributed by atoms with Crippen molar-refractivity contribution in [2.24, 2.45) is 5.92 Å². The maximum absolute atomic E-state index is 10.5. The van der Waals surface area contributed by atoms with Gasteiger partial charge in [-0.15, -0.1) is 0 Å². The minimum Gasteiger partial charge on any atom is -0.450 e. The summed E-state index contributed by atoms with van der Waals surface area (Å²) in [5.41, 5.74) is -0.201. The predicted molar refractivity (Wildman–Crippen MR) is 56.7 cm³/mol. The lowest BCUT2D eigenvalue weighted by Crippen LogP contribution is -2.38. The highest BCUT2D eigenvalue weighted by Gasteiger charge is 2.39. The van der Waals surface area contributed by atoms with Crippen LogP contribution in [0.1, 0.15) is 58.8 Å². The molecule has 1 saturated carbocycles. The van der Waals surface area contributed by atoms with E-state index in [-0.39, 0.29) is 5.60 Å². The van der Waals surface area contributed by atoms with Gasteiger partial charge in [0.15, 0.2) is 0 Å². The van der Waals surface area contributed by atoms with Crippen molar-refractivity contribution < 1.29 is 9.53 Å². The maximum atomic E-state index is 10.5. The van der Waals surface area contributed by atoms with Crippen LogP contribution in [0, 0.1) is 5.92 Å². The van der Waals surface area contributed by atoms with E-state index in [1.54, 1.807) is 6.47 Å². The molecule has 1 unspecified atom stereocenters. The molecule has 0 amide bonds. The molecule has 0 aliphatic heterocycles. The molecule has 81 valence electrons. The monoisotopic (exact) mass is 197 g/mol. The van der Waals surface area contributed by atoms with Crippen molar-refractivity contribution in [3.8, 4) is 0 Å². The van der Waals surface area contributed by atoms with Gasteiger partial charge in [-0.1, -0.05) is 33.1 Å². The Labute approximate surface area is 87.0 Å². The molecule has 1 atom stereocenters. The van der Waals surface area contributed by atoms with Gasteiger partial charge >= 0.3 is 6.47 Å². The number of rotatable bonds is 6. The molecule has 0 aromatic carbocycles. The van der Waals surface area contributed by atoms with Crippen LogP contribution in [0.3, 0.4) is 0 Å². The van der Waals surface area contributed by atoms with Gasteiger partial charge in [0.25, 0.3) is 0 Å². The predicted octanol–water partition coefficient (Wildman–Crippen LogP) is 3.21.